The first-order valence-corrected chi connectivity index (χ1v) is 7.21. The summed E-state index contributed by atoms with van der Waals surface area (Å²) in [4.78, 5) is -0.299. The zero-order chi connectivity index (χ0) is 15.2. The van der Waals surface area contributed by atoms with Crippen molar-refractivity contribution in [1.82, 2.24) is 4.72 Å². The topological polar surface area (TPSA) is 70.0 Å². The molecule has 0 spiro atoms. The average molecular weight is 304 g/mol. The van der Waals surface area contributed by atoms with Gasteiger partial charge in [0.15, 0.2) is 0 Å². The lowest BCUT2D eigenvalue weighted by Crippen LogP contribution is -2.47. The van der Waals surface area contributed by atoms with Gasteiger partial charge in [0, 0.05) is 0 Å². The zero-order valence-corrected chi connectivity index (χ0v) is 11.3. The van der Waals surface area contributed by atoms with E-state index in [1.807, 2.05) is 0 Å². The summed E-state index contributed by atoms with van der Waals surface area (Å²) in [6, 6.07) is 5.63. The second-order valence-corrected chi connectivity index (χ2v) is 6.43. The van der Waals surface area contributed by atoms with Gasteiger partial charge in [-0.05, 0) is 37.5 Å². The summed E-state index contributed by atoms with van der Waals surface area (Å²) >= 11 is 0. The Morgan fingerprint density at radius 2 is 1.95 bits per heavy atom. The van der Waals surface area contributed by atoms with Crippen LogP contribution in [-0.2, 0) is 10.0 Å². The molecular formula is C12H11F3N2O2S. The van der Waals surface area contributed by atoms with Gasteiger partial charge in [-0.1, -0.05) is 6.07 Å². The predicted molar refractivity (Wildman–Crippen MR) is 64.2 cm³/mol. The normalized spacial score (nSPS) is 17.6. The fourth-order valence-electron chi connectivity index (χ4n) is 1.84. The van der Waals surface area contributed by atoms with Crippen molar-refractivity contribution >= 4 is 10.0 Å². The summed E-state index contributed by atoms with van der Waals surface area (Å²) in [6.07, 6.45) is -5.17. The van der Waals surface area contributed by atoms with Crippen molar-refractivity contribution in [3.05, 3.63) is 29.3 Å². The number of nitriles is 1. The van der Waals surface area contributed by atoms with E-state index in [0.29, 0.717) is 0 Å². The lowest BCUT2D eigenvalue weighted by atomic mass is 10.2. The van der Waals surface area contributed by atoms with Crippen LogP contribution in [0.5, 0.6) is 0 Å². The van der Waals surface area contributed by atoms with E-state index < -0.39 is 21.7 Å². The van der Waals surface area contributed by atoms with Crippen LogP contribution in [0.4, 0.5) is 13.2 Å². The lowest BCUT2D eigenvalue weighted by Gasteiger charge is -2.21. The van der Waals surface area contributed by atoms with Gasteiger partial charge in [-0.2, -0.15) is 23.2 Å². The minimum Gasteiger partial charge on any atom is -0.207 e. The highest BCUT2D eigenvalue weighted by Gasteiger charge is 2.65. The Labute approximate surface area is 114 Å². The molecule has 0 heterocycles. The minimum atomic E-state index is -4.62. The van der Waals surface area contributed by atoms with Crippen molar-refractivity contribution < 1.29 is 21.6 Å². The van der Waals surface area contributed by atoms with Crippen molar-refractivity contribution in [1.29, 1.82) is 5.26 Å². The van der Waals surface area contributed by atoms with Gasteiger partial charge in [0.25, 0.3) is 0 Å². The molecule has 1 fully saturated rings. The fraction of sp³-hybridized carbons (Fsp3) is 0.417. The fourth-order valence-corrected chi connectivity index (χ4v) is 3.56. The average Bonchev–Trinajstić information content (AvgIpc) is 3.09. The molecule has 0 aliphatic heterocycles. The quantitative estimate of drug-likeness (QED) is 0.931. The molecule has 1 N–H and O–H groups in total. The number of hydrogen-bond donors (Lipinski definition) is 1. The van der Waals surface area contributed by atoms with Gasteiger partial charge in [0.05, 0.1) is 16.5 Å². The molecule has 8 heteroatoms. The van der Waals surface area contributed by atoms with E-state index in [2.05, 4.69) is 0 Å². The first-order chi connectivity index (χ1) is 9.11. The maximum absolute atomic E-state index is 12.8. The molecule has 0 amide bonds. The Balaban J connectivity index is 2.40. The standard InChI is InChI=1S/C12H11F3N2O2S/c1-8-2-3-9(7-16)6-10(8)20(18,19)17-11(4-5-11)12(13,14)15/h2-3,6,17H,4-5H2,1H3. The minimum absolute atomic E-state index is 0.0767. The third kappa shape index (κ3) is 2.51. The number of nitrogens with zero attached hydrogens (tertiary/aromatic N) is 1. The molecule has 1 aliphatic carbocycles. The van der Waals surface area contributed by atoms with Crippen LogP contribution in [0.1, 0.15) is 24.0 Å². The molecule has 0 unspecified atom stereocenters. The van der Waals surface area contributed by atoms with E-state index in [0.717, 1.165) is 6.07 Å². The first kappa shape index (κ1) is 14.8. The smallest absolute Gasteiger partial charge is 0.207 e. The molecular weight excluding hydrogens is 293 g/mol. The number of rotatable bonds is 3. The third-order valence-corrected chi connectivity index (χ3v) is 4.91. The number of alkyl halides is 3. The second kappa shape index (κ2) is 4.46. The SMILES string of the molecule is Cc1ccc(C#N)cc1S(=O)(=O)NC1(C(F)(F)F)CC1. The number of hydrogen-bond acceptors (Lipinski definition) is 3. The molecule has 0 radical (unpaired) electrons. The van der Waals surface area contributed by atoms with E-state index >= 15 is 0 Å². The molecule has 0 aromatic heterocycles. The molecule has 0 saturated heterocycles. The molecule has 2 rings (SSSR count). The van der Waals surface area contributed by atoms with Crippen LogP contribution < -0.4 is 4.72 Å². The Kier molecular flexibility index (Phi) is 3.31. The molecule has 108 valence electrons. The maximum atomic E-state index is 12.8. The van der Waals surface area contributed by atoms with Crippen LogP contribution in [0.15, 0.2) is 23.1 Å². The summed E-state index contributed by atoms with van der Waals surface area (Å²) in [5.74, 6) is 0. The molecule has 0 bridgehead atoms. The van der Waals surface area contributed by atoms with E-state index in [1.54, 1.807) is 10.8 Å². The van der Waals surface area contributed by atoms with Gasteiger partial charge >= 0.3 is 6.18 Å². The van der Waals surface area contributed by atoms with Crippen molar-refractivity contribution in [2.75, 3.05) is 0 Å². The maximum Gasteiger partial charge on any atom is 0.407 e. The monoisotopic (exact) mass is 304 g/mol. The predicted octanol–water partition coefficient (Wildman–Crippen LogP) is 2.24. The number of nitrogens with one attached hydrogen (secondary N) is 1. The number of aryl methyl sites for hydroxylation is 1. The summed E-state index contributed by atoms with van der Waals surface area (Å²) < 4.78 is 64.4. The van der Waals surface area contributed by atoms with Crippen LogP contribution in [0, 0.1) is 18.3 Å². The number of benzene rings is 1. The van der Waals surface area contributed by atoms with E-state index in [9.17, 15) is 21.6 Å². The van der Waals surface area contributed by atoms with Crippen LogP contribution in [0.3, 0.4) is 0 Å². The number of sulfonamides is 1. The van der Waals surface area contributed by atoms with Crippen LogP contribution >= 0.6 is 0 Å². The molecule has 20 heavy (non-hydrogen) atoms. The summed E-state index contributed by atoms with van der Waals surface area (Å²) in [5.41, 5.74) is -2.00. The first-order valence-electron chi connectivity index (χ1n) is 5.73. The third-order valence-electron chi connectivity index (χ3n) is 3.23. The molecule has 0 atom stereocenters. The zero-order valence-electron chi connectivity index (χ0n) is 10.5. The highest BCUT2D eigenvalue weighted by atomic mass is 32.2. The molecule has 1 aromatic carbocycles. The lowest BCUT2D eigenvalue weighted by molar-refractivity contribution is -0.160. The molecule has 4 nitrogen and oxygen atoms in total. The van der Waals surface area contributed by atoms with Crippen molar-refractivity contribution in [2.45, 2.75) is 36.4 Å². The molecule has 1 saturated carbocycles. The largest absolute Gasteiger partial charge is 0.407 e. The van der Waals surface area contributed by atoms with Crippen LogP contribution in [0.2, 0.25) is 0 Å². The van der Waals surface area contributed by atoms with Gasteiger partial charge in [-0.3, -0.25) is 0 Å². The number of halogens is 3. The Morgan fingerprint density at radius 1 is 1.35 bits per heavy atom. The van der Waals surface area contributed by atoms with Gasteiger partial charge in [-0.15, -0.1) is 0 Å². The Morgan fingerprint density at radius 3 is 2.40 bits per heavy atom. The van der Waals surface area contributed by atoms with Gasteiger partial charge in [-0.25, -0.2) is 8.42 Å². The van der Waals surface area contributed by atoms with Crippen molar-refractivity contribution in [3.8, 4) is 6.07 Å². The van der Waals surface area contributed by atoms with Gasteiger partial charge in [0.1, 0.15) is 5.54 Å². The Hall–Kier alpha value is -1.59. The molecule has 1 aromatic rings. The van der Waals surface area contributed by atoms with E-state index in [4.69, 9.17) is 5.26 Å². The summed E-state index contributed by atoms with van der Waals surface area (Å²) in [5, 5.41) is 8.75. The van der Waals surface area contributed by atoms with E-state index in [-0.39, 0.29) is 28.9 Å². The van der Waals surface area contributed by atoms with E-state index in [1.165, 1.54) is 19.1 Å². The Bertz CT molecular complexity index is 686. The second-order valence-electron chi connectivity index (χ2n) is 4.78. The highest BCUT2D eigenvalue weighted by molar-refractivity contribution is 7.89. The van der Waals surface area contributed by atoms with Crippen LogP contribution in [0.25, 0.3) is 0 Å². The van der Waals surface area contributed by atoms with Crippen LogP contribution in [-0.4, -0.2) is 20.1 Å². The van der Waals surface area contributed by atoms with Crippen molar-refractivity contribution in [2.24, 2.45) is 0 Å². The van der Waals surface area contributed by atoms with Crippen molar-refractivity contribution in [3.63, 3.8) is 0 Å². The highest BCUT2D eigenvalue weighted by Crippen LogP contribution is 2.49. The van der Waals surface area contributed by atoms with Gasteiger partial charge < -0.3 is 0 Å². The summed E-state index contributed by atoms with van der Waals surface area (Å²) in [7, 11) is -4.32. The molecule has 1 aliphatic rings. The van der Waals surface area contributed by atoms with Gasteiger partial charge in [0.2, 0.25) is 10.0 Å². The summed E-state index contributed by atoms with van der Waals surface area (Å²) in [6.45, 7) is 1.46.